The molecule has 0 unspecified atom stereocenters. The first kappa shape index (κ1) is 49.3. The second kappa shape index (κ2) is 26.2. The van der Waals surface area contributed by atoms with Gasteiger partial charge in [0.15, 0.2) is 5.75 Å². The van der Waals surface area contributed by atoms with Gasteiger partial charge in [0.2, 0.25) is 0 Å². The zero-order valence-corrected chi connectivity index (χ0v) is 36.6. The summed E-state index contributed by atoms with van der Waals surface area (Å²) in [5.41, 5.74) is 0.901. The van der Waals surface area contributed by atoms with E-state index < -0.39 is 17.6 Å². The summed E-state index contributed by atoms with van der Waals surface area (Å²) >= 11 is 0. The van der Waals surface area contributed by atoms with E-state index in [1.54, 1.807) is 12.1 Å². The van der Waals surface area contributed by atoms with Crippen LogP contribution >= 0.6 is 0 Å². The van der Waals surface area contributed by atoms with Crippen LogP contribution in [0.4, 0.5) is 28.9 Å². The zero-order chi connectivity index (χ0) is 43.2. The van der Waals surface area contributed by atoms with Crippen molar-refractivity contribution in [1.29, 1.82) is 0 Å². The van der Waals surface area contributed by atoms with Crippen molar-refractivity contribution in [3.05, 3.63) is 65.5 Å². The highest BCUT2D eigenvalue weighted by Gasteiger charge is 2.34. The van der Waals surface area contributed by atoms with Crippen LogP contribution in [0.25, 0.3) is 0 Å². The van der Waals surface area contributed by atoms with Gasteiger partial charge < -0.3 is 33.6 Å². The third-order valence-electron chi connectivity index (χ3n) is 10.3. The molecule has 0 saturated carbocycles. The average Bonchev–Trinajstić information content (AvgIpc) is 3.76. The van der Waals surface area contributed by atoms with Gasteiger partial charge in [-0.05, 0) is 109 Å². The second-order valence-electron chi connectivity index (χ2n) is 14.5. The molecular formula is C46H69F4N5O4. The number of aliphatic imine (C=N–C) groups is 1. The van der Waals surface area contributed by atoms with Crippen LogP contribution in [0.15, 0.2) is 53.5 Å². The lowest BCUT2D eigenvalue weighted by molar-refractivity contribution is -0.140. The van der Waals surface area contributed by atoms with E-state index in [2.05, 4.69) is 59.0 Å². The Morgan fingerprint density at radius 1 is 0.746 bits per heavy atom. The molecule has 1 aliphatic heterocycles. The molecule has 1 aliphatic rings. The monoisotopic (exact) mass is 832 g/mol. The number of halogens is 4. The third-order valence-corrected chi connectivity index (χ3v) is 10.3. The van der Waals surface area contributed by atoms with E-state index in [0.29, 0.717) is 61.9 Å². The number of rotatable bonds is 26. The number of benzene rings is 3. The Bertz CT molecular complexity index is 1670. The van der Waals surface area contributed by atoms with Crippen LogP contribution in [-0.2, 0) is 12.7 Å². The Labute approximate surface area is 351 Å². The molecule has 3 aromatic rings. The Morgan fingerprint density at radius 3 is 2.05 bits per heavy atom. The van der Waals surface area contributed by atoms with Crippen molar-refractivity contribution in [3.8, 4) is 28.7 Å². The third kappa shape index (κ3) is 16.1. The van der Waals surface area contributed by atoms with Gasteiger partial charge in [0.1, 0.15) is 41.1 Å². The van der Waals surface area contributed by atoms with Crippen LogP contribution in [0, 0.1) is 5.82 Å². The standard InChI is InChI=1S/C44H63F4N5O4.C2H6/c1-7-11-24-53(40-30-37(54-26-15-23-51(9-3)10-4)32-42(43(40)49-5)56-28-25-52-21-12-13-22-52)33-34-16-17-36(31-41(34)55-27-14-20-50(6)8-2)57-35-18-19-39(45)38(29-35)44(46,47)48;1-2/h16-19,29-32H,5,7-15,20-28,33H2,1-4,6H3;1-2H3. The van der Waals surface area contributed by atoms with Crippen molar-refractivity contribution in [3.63, 3.8) is 0 Å². The Balaban J connectivity index is 0.00000458. The molecule has 59 heavy (non-hydrogen) atoms. The van der Waals surface area contributed by atoms with Gasteiger partial charge in [-0.2, -0.15) is 13.2 Å². The van der Waals surface area contributed by atoms with Crippen molar-refractivity contribution >= 4 is 18.1 Å². The molecule has 0 atom stereocenters. The summed E-state index contributed by atoms with van der Waals surface area (Å²) in [5, 5.41) is 0. The maximum absolute atomic E-state index is 14.1. The smallest absolute Gasteiger partial charge is 0.419 e. The van der Waals surface area contributed by atoms with Gasteiger partial charge in [0, 0.05) is 56.5 Å². The molecule has 0 radical (unpaired) electrons. The largest absolute Gasteiger partial charge is 0.493 e. The quantitative estimate of drug-likeness (QED) is 0.0450. The van der Waals surface area contributed by atoms with Crippen LogP contribution in [0.3, 0.4) is 0 Å². The van der Waals surface area contributed by atoms with Crippen LogP contribution in [0.2, 0.25) is 0 Å². The fraction of sp³-hybridized carbons (Fsp3) is 0.587. The first-order chi connectivity index (χ1) is 28.5. The first-order valence-electron chi connectivity index (χ1n) is 21.6. The van der Waals surface area contributed by atoms with E-state index in [0.717, 1.165) is 95.4 Å². The topological polar surface area (TPSA) is 62.2 Å². The number of ether oxygens (including phenoxy) is 4. The lowest BCUT2D eigenvalue weighted by Crippen LogP contribution is -2.26. The summed E-state index contributed by atoms with van der Waals surface area (Å²) in [6.07, 6.45) is 1.02. The molecule has 0 aliphatic carbocycles. The van der Waals surface area contributed by atoms with Gasteiger partial charge in [-0.3, -0.25) is 9.89 Å². The molecule has 9 nitrogen and oxygen atoms in total. The van der Waals surface area contributed by atoms with E-state index in [1.165, 1.54) is 18.9 Å². The first-order valence-corrected chi connectivity index (χ1v) is 21.6. The predicted molar refractivity (Wildman–Crippen MR) is 233 cm³/mol. The number of unbranched alkanes of at least 4 members (excludes halogenated alkanes) is 1. The molecule has 1 fully saturated rings. The van der Waals surface area contributed by atoms with E-state index in [4.69, 9.17) is 18.9 Å². The number of hydrogen-bond donors (Lipinski definition) is 0. The van der Waals surface area contributed by atoms with Crippen molar-refractivity contribution < 1.29 is 36.5 Å². The highest BCUT2D eigenvalue weighted by atomic mass is 19.4. The average molecular weight is 832 g/mol. The van der Waals surface area contributed by atoms with Gasteiger partial charge in [-0.15, -0.1) is 0 Å². The second-order valence-corrected chi connectivity index (χ2v) is 14.5. The fourth-order valence-corrected chi connectivity index (χ4v) is 6.77. The van der Waals surface area contributed by atoms with Crippen molar-refractivity contribution in [2.45, 2.75) is 92.8 Å². The number of anilines is 1. The fourth-order valence-electron chi connectivity index (χ4n) is 6.77. The van der Waals surface area contributed by atoms with Gasteiger partial charge in [-0.25, -0.2) is 4.39 Å². The predicted octanol–water partition coefficient (Wildman–Crippen LogP) is 11.1. The van der Waals surface area contributed by atoms with Gasteiger partial charge in [0.25, 0.3) is 0 Å². The molecule has 0 N–H and O–H groups in total. The summed E-state index contributed by atoms with van der Waals surface area (Å²) in [5.74, 6) is 0.601. The van der Waals surface area contributed by atoms with Gasteiger partial charge in [-0.1, -0.05) is 48.0 Å². The summed E-state index contributed by atoms with van der Waals surface area (Å²) in [7, 11) is 2.04. The number of nitrogens with zero attached hydrogens (tertiary/aromatic N) is 5. The zero-order valence-electron chi connectivity index (χ0n) is 36.6. The molecular weight excluding hydrogens is 763 g/mol. The Morgan fingerprint density at radius 2 is 1.39 bits per heavy atom. The summed E-state index contributed by atoms with van der Waals surface area (Å²) in [6.45, 7) is 26.7. The molecule has 4 rings (SSSR count). The minimum Gasteiger partial charge on any atom is -0.493 e. The van der Waals surface area contributed by atoms with E-state index in [9.17, 15) is 17.6 Å². The summed E-state index contributed by atoms with van der Waals surface area (Å²) < 4.78 is 79.7. The van der Waals surface area contributed by atoms with Gasteiger partial charge in [0.05, 0.1) is 24.5 Å². The van der Waals surface area contributed by atoms with Crippen LogP contribution < -0.4 is 23.8 Å². The van der Waals surface area contributed by atoms with Crippen LogP contribution in [0.5, 0.6) is 28.7 Å². The Hall–Kier alpha value is -4.07. The SMILES string of the molecule is C=Nc1c(OCCN2CCCC2)cc(OCCCN(CC)CC)cc1N(CCCC)Cc1ccc(Oc2ccc(F)c(C(F)(F)F)c2)cc1OCCCN(C)CC.CC. The highest BCUT2D eigenvalue weighted by molar-refractivity contribution is 5.77. The van der Waals surface area contributed by atoms with E-state index >= 15 is 0 Å². The summed E-state index contributed by atoms with van der Waals surface area (Å²) in [6, 6.07) is 11.8. The van der Waals surface area contributed by atoms with Crippen molar-refractivity contribution in [2.75, 3.05) is 90.7 Å². The Kier molecular flexibility index (Phi) is 21.9. The van der Waals surface area contributed by atoms with Crippen LogP contribution in [-0.4, -0.2) is 107 Å². The molecule has 13 heteroatoms. The number of likely N-dealkylation sites (tertiary alicyclic amines) is 1. The molecule has 1 saturated heterocycles. The maximum atomic E-state index is 14.1. The van der Waals surface area contributed by atoms with Crippen molar-refractivity contribution in [2.24, 2.45) is 4.99 Å². The molecule has 0 aromatic heterocycles. The number of hydrogen-bond acceptors (Lipinski definition) is 9. The minimum atomic E-state index is -4.86. The lowest BCUT2D eigenvalue weighted by Gasteiger charge is -2.29. The molecule has 0 bridgehead atoms. The minimum absolute atomic E-state index is 0.135. The molecule has 0 amide bonds. The highest BCUT2D eigenvalue weighted by Crippen LogP contribution is 2.43. The van der Waals surface area contributed by atoms with Crippen LogP contribution in [0.1, 0.15) is 91.2 Å². The maximum Gasteiger partial charge on any atom is 0.419 e. The normalized spacial score (nSPS) is 13.0. The van der Waals surface area contributed by atoms with Gasteiger partial charge >= 0.3 is 6.18 Å². The summed E-state index contributed by atoms with van der Waals surface area (Å²) in [4.78, 5) is 13.7. The molecule has 3 aromatic carbocycles. The molecule has 0 spiro atoms. The van der Waals surface area contributed by atoms with E-state index in [-0.39, 0.29) is 11.5 Å². The molecule has 330 valence electrons. The van der Waals surface area contributed by atoms with E-state index in [1.807, 2.05) is 39.1 Å². The number of alkyl halides is 3. The molecule has 1 heterocycles. The van der Waals surface area contributed by atoms with Crippen molar-refractivity contribution in [1.82, 2.24) is 14.7 Å². The lowest BCUT2D eigenvalue weighted by atomic mass is 10.1.